The summed E-state index contributed by atoms with van der Waals surface area (Å²) in [6.07, 6.45) is 6.15. The Labute approximate surface area is 145 Å². The monoisotopic (exact) mass is 342 g/mol. The SMILES string of the molecule is O=C(CCCn1ccc2cc(Cl)ccc21)N1CCc2[nH]ncc2C1. The largest absolute Gasteiger partial charge is 0.347 e. The first-order valence-corrected chi connectivity index (χ1v) is 8.62. The number of aromatic amines is 1. The molecule has 5 nitrogen and oxygen atoms in total. The van der Waals surface area contributed by atoms with Crippen LogP contribution in [0, 0.1) is 0 Å². The van der Waals surface area contributed by atoms with Crippen molar-refractivity contribution in [1.29, 1.82) is 0 Å². The van der Waals surface area contributed by atoms with Crippen molar-refractivity contribution in [2.75, 3.05) is 6.54 Å². The van der Waals surface area contributed by atoms with Gasteiger partial charge in [-0.1, -0.05) is 11.6 Å². The maximum Gasteiger partial charge on any atom is 0.222 e. The third kappa shape index (κ3) is 2.91. The Morgan fingerprint density at radius 1 is 1.33 bits per heavy atom. The number of nitrogens with one attached hydrogen (secondary N) is 1. The molecular formula is C18H19ClN4O. The Morgan fingerprint density at radius 2 is 2.25 bits per heavy atom. The molecule has 0 saturated heterocycles. The topological polar surface area (TPSA) is 53.9 Å². The Balaban J connectivity index is 1.34. The number of nitrogens with zero attached hydrogens (tertiary/aromatic N) is 3. The summed E-state index contributed by atoms with van der Waals surface area (Å²) in [7, 11) is 0. The van der Waals surface area contributed by atoms with E-state index in [2.05, 4.69) is 27.0 Å². The fraction of sp³-hybridized carbons (Fsp3) is 0.333. The van der Waals surface area contributed by atoms with Crippen LogP contribution in [-0.4, -0.2) is 32.1 Å². The smallest absolute Gasteiger partial charge is 0.222 e. The lowest BCUT2D eigenvalue weighted by Crippen LogP contribution is -2.35. The Hall–Kier alpha value is -2.27. The predicted molar refractivity (Wildman–Crippen MR) is 93.9 cm³/mol. The van der Waals surface area contributed by atoms with E-state index in [4.69, 9.17) is 11.6 Å². The van der Waals surface area contributed by atoms with E-state index in [-0.39, 0.29) is 5.91 Å². The molecule has 0 atom stereocenters. The van der Waals surface area contributed by atoms with Crippen LogP contribution in [0.1, 0.15) is 24.1 Å². The number of fused-ring (bicyclic) bond motifs is 2. The zero-order chi connectivity index (χ0) is 16.5. The van der Waals surface area contributed by atoms with Gasteiger partial charge >= 0.3 is 0 Å². The minimum atomic E-state index is 0.223. The van der Waals surface area contributed by atoms with Gasteiger partial charge in [0, 0.05) is 65.9 Å². The number of amides is 1. The van der Waals surface area contributed by atoms with Gasteiger partial charge in [0.15, 0.2) is 0 Å². The van der Waals surface area contributed by atoms with Crippen LogP contribution in [0.15, 0.2) is 36.7 Å². The summed E-state index contributed by atoms with van der Waals surface area (Å²) in [5, 5.41) is 8.94. The van der Waals surface area contributed by atoms with Gasteiger partial charge in [-0.05, 0) is 30.7 Å². The quantitative estimate of drug-likeness (QED) is 0.790. The van der Waals surface area contributed by atoms with E-state index >= 15 is 0 Å². The van der Waals surface area contributed by atoms with Crippen molar-refractivity contribution in [3.05, 3.63) is 52.9 Å². The highest BCUT2D eigenvalue weighted by Gasteiger charge is 2.21. The molecule has 1 aliphatic heterocycles. The summed E-state index contributed by atoms with van der Waals surface area (Å²) < 4.78 is 2.18. The highest BCUT2D eigenvalue weighted by atomic mass is 35.5. The van der Waals surface area contributed by atoms with E-state index in [0.717, 1.165) is 53.1 Å². The lowest BCUT2D eigenvalue weighted by molar-refractivity contribution is -0.132. The molecular weight excluding hydrogens is 324 g/mol. The number of rotatable bonds is 4. The van der Waals surface area contributed by atoms with Gasteiger partial charge in [-0.15, -0.1) is 0 Å². The highest BCUT2D eigenvalue weighted by Crippen LogP contribution is 2.21. The van der Waals surface area contributed by atoms with Crippen molar-refractivity contribution in [2.45, 2.75) is 32.4 Å². The van der Waals surface area contributed by atoms with E-state index < -0.39 is 0 Å². The third-order valence-corrected chi connectivity index (χ3v) is 4.91. The van der Waals surface area contributed by atoms with Crippen LogP contribution in [0.4, 0.5) is 0 Å². The molecule has 1 aromatic carbocycles. The second kappa shape index (κ2) is 6.32. The molecule has 4 rings (SSSR count). The Kier molecular flexibility index (Phi) is 4.02. The van der Waals surface area contributed by atoms with Crippen LogP contribution in [0.5, 0.6) is 0 Å². The van der Waals surface area contributed by atoms with Gasteiger partial charge in [0.2, 0.25) is 5.91 Å². The maximum atomic E-state index is 12.4. The molecule has 1 amide bonds. The van der Waals surface area contributed by atoms with Gasteiger partial charge in [-0.3, -0.25) is 9.89 Å². The lowest BCUT2D eigenvalue weighted by atomic mass is 10.1. The molecule has 0 aliphatic carbocycles. The lowest BCUT2D eigenvalue weighted by Gasteiger charge is -2.26. The van der Waals surface area contributed by atoms with E-state index in [0.29, 0.717) is 13.0 Å². The molecule has 0 fully saturated rings. The summed E-state index contributed by atoms with van der Waals surface area (Å²) in [4.78, 5) is 14.4. The summed E-state index contributed by atoms with van der Waals surface area (Å²) in [6, 6.07) is 7.97. The number of hydrogen-bond acceptors (Lipinski definition) is 2. The van der Waals surface area contributed by atoms with Crippen LogP contribution >= 0.6 is 11.6 Å². The first kappa shape index (κ1) is 15.3. The Bertz CT molecular complexity index is 882. The van der Waals surface area contributed by atoms with Crippen LogP contribution in [-0.2, 0) is 24.3 Å². The van der Waals surface area contributed by atoms with Gasteiger partial charge in [-0.2, -0.15) is 5.10 Å². The number of aryl methyl sites for hydroxylation is 1. The first-order valence-electron chi connectivity index (χ1n) is 8.24. The molecule has 3 aromatic rings. The van der Waals surface area contributed by atoms with Crippen LogP contribution < -0.4 is 0 Å². The molecule has 1 aliphatic rings. The van der Waals surface area contributed by atoms with E-state index in [1.165, 1.54) is 0 Å². The average molecular weight is 343 g/mol. The molecule has 0 spiro atoms. The van der Waals surface area contributed by atoms with Gasteiger partial charge in [0.25, 0.3) is 0 Å². The van der Waals surface area contributed by atoms with Crippen molar-refractivity contribution < 1.29 is 4.79 Å². The van der Waals surface area contributed by atoms with Gasteiger partial charge in [0.1, 0.15) is 0 Å². The molecule has 124 valence electrons. The summed E-state index contributed by atoms with van der Waals surface area (Å²) in [5.74, 6) is 0.223. The predicted octanol–water partition coefficient (Wildman–Crippen LogP) is 3.38. The zero-order valence-corrected chi connectivity index (χ0v) is 14.1. The molecule has 2 aromatic heterocycles. The third-order valence-electron chi connectivity index (χ3n) is 4.68. The first-order chi connectivity index (χ1) is 11.7. The van der Waals surface area contributed by atoms with Crippen molar-refractivity contribution >= 4 is 28.4 Å². The van der Waals surface area contributed by atoms with Crippen molar-refractivity contribution in [2.24, 2.45) is 0 Å². The number of carbonyl (C=O) groups excluding carboxylic acids is 1. The molecule has 6 heteroatoms. The zero-order valence-electron chi connectivity index (χ0n) is 13.3. The van der Waals surface area contributed by atoms with E-state index in [9.17, 15) is 4.79 Å². The van der Waals surface area contributed by atoms with E-state index in [1.807, 2.05) is 29.3 Å². The number of halogens is 1. The average Bonchev–Trinajstić information content (AvgIpc) is 3.20. The summed E-state index contributed by atoms with van der Waals surface area (Å²) in [5.41, 5.74) is 3.47. The van der Waals surface area contributed by atoms with Gasteiger partial charge in [-0.25, -0.2) is 0 Å². The summed E-state index contributed by atoms with van der Waals surface area (Å²) >= 11 is 6.02. The van der Waals surface area contributed by atoms with Crippen LogP contribution in [0.25, 0.3) is 10.9 Å². The normalized spacial score (nSPS) is 14.1. The number of aromatic nitrogens is 3. The van der Waals surface area contributed by atoms with Crippen molar-refractivity contribution in [3.8, 4) is 0 Å². The standard InChI is InChI=1S/C18H19ClN4O/c19-15-3-4-17-13(10-15)5-8-22(17)7-1-2-18(24)23-9-6-16-14(12-23)11-20-21-16/h3-5,8,10-11H,1-2,6-7,9,12H2,(H,20,21). The molecule has 24 heavy (non-hydrogen) atoms. The Morgan fingerprint density at radius 3 is 3.17 bits per heavy atom. The number of H-pyrrole nitrogens is 1. The number of hydrogen-bond donors (Lipinski definition) is 1. The highest BCUT2D eigenvalue weighted by molar-refractivity contribution is 6.31. The molecule has 0 saturated carbocycles. The minimum absolute atomic E-state index is 0.223. The number of carbonyl (C=O) groups is 1. The van der Waals surface area contributed by atoms with Crippen molar-refractivity contribution in [1.82, 2.24) is 19.7 Å². The molecule has 3 heterocycles. The summed E-state index contributed by atoms with van der Waals surface area (Å²) in [6.45, 7) is 2.29. The van der Waals surface area contributed by atoms with Gasteiger partial charge in [0.05, 0.1) is 6.20 Å². The minimum Gasteiger partial charge on any atom is -0.347 e. The molecule has 0 radical (unpaired) electrons. The van der Waals surface area contributed by atoms with Crippen LogP contribution in [0.2, 0.25) is 5.02 Å². The van der Waals surface area contributed by atoms with Crippen molar-refractivity contribution in [3.63, 3.8) is 0 Å². The fourth-order valence-corrected chi connectivity index (χ4v) is 3.54. The molecule has 0 unspecified atom stereocenters. The number of benzene rings is 1. The van der Waals surface area contributed by atoms with Gasteiger partial charge < -0.3 is 9.47 Å². The fourth-order valence-electron chi connectivity index (χ4n) is 3.36. The molecule has 1 N–H and O–H groups in total. The maximum absolute atomic E-state index is 12.4. The van der Waals surface area contributed by atoms with E-state index in [1.54, 1.807) is 0 Å². The molecule has 0 bridgehead atoms. The van der Waals surface area contributed by atoms with Crippen LogP contribution in [0.3, 0.4) is 0 Å². The second-order valence-electron chi connectivity index (χ2n) is 6.25. The second-order valence-corrected chi connectivity index (χ2v) is 6.69.